The van der Waals surface area contributed by atoms with Gasteiger partial charge in [-0.1, -0.05) is 0 Å². The highest BCUT2D eigenvalue weighted by Gasteiger charge is 2.18. The molecule has 26 heavy (non-hydrogen) atoms. The molecule has 0 aliphatic carbocycles. The maximum Gasteiger partial charge on any atom is 0.222 e. The van der Waals surface area contributed by atoms with Crippen LogP contribution in [0.25, 0.3) is 0 Å². The maximum absolute atomic E-state index is 5.61. The Labute approximate surface area is 154 Å². The second-order valence-corrected chi connectivity index (χ2v) is 6.91. The van der Waals surface area contributed by atoms with Crippen molar-refractivity contribution in [3.8, 4) is 0 Å². The molecule has 0 unspecified atom stereocenters. The number of hydrogen-bond donors (Lipinski definition) is 1. The zero-order valence-electron chi connectivity index (χ0n) is 15.0. The monoisotopic (exact) mass is 354 g/mol. The van der Waals surface area contributed by atoms with Gasteiger partial charge in [0.1, 0.15) is 0 Å². The van der Waals surface area contributed by atoms with Crippen LogP contribution < -0.4 is 10.2 Å². The fourth-order valence-corrected chi connectivity index (χ4v) is 3.50. The van der Waals surface area contributed by atoms with Crippen molar-refractivity contribution in [1.82, 2.24) is 19.9 Å². The van der Waals surface area contributed by atoms with Gasteiger partial charge in [0.15, 0.2) is 0 Å². The molecular formula is C19H26N6O. The lowest BCUT2D eigenvalue weighted by atomic mass is 10.2. The zero-order chi connectivity index (χ0) is 17.6. The number of aromatic nitrogens is 3. The van der Waals surface area contributed by atoms with Crippen LogP contribution in [0.3, 0.4) is 0 Å². The molecule has 2 fully saturated rings. The number of piperazine rings is 1. The van der Waals surface area contributed by atoms with E-state index in [0.717, 1.165) is 64.3 Å². The first-order valence-electron chi connectivity index (χ1n) is 9.40. The lowest BCUT2D eigenvalue weighted by molar-refractivity contribution is 0.120. The van der Waals surface area contributed by atoms with Gasteiger partial charge in [-0.05, 0) is 25.0 Å². The molecular weight excluding hydrogens is 328 g/mol. The van der Waals surface area contributed by atoms with Gasteiger partial charge in [-0.3, -0.25) is 9.88 Å². The summed E-state index contributed by atoms with van der Waals surface area (Å²) in [7, 11) is 0. The van der Waals surface area contributed by atoms with Gasteiger partial charge < -0.3 is 15.0 Å². The van der Waals surface area contributed by atoms with Gasteiger partial charge in [-0.15, -0.1) is 0 Å². The van der Waals surface area contributed by atoms with Crippen LogP contribution in [0.2, 0.25) is 0 Å². The molecule has 0 spiro atoms. The molecule has 2 aromatic heterocycles. The second kappa shape index (κ2) is 8.42. The first-order valence-corrected chi connectivity index (χ1v) is 9.40. The van der Waals surface area contributed by atoms with E-state index >= 15 is 0 Å². The standard InChI is InChI=1S/C19H26N6O/c1-3-17(13-20-5-1)25-8-6-24(7-9-25)15-16-11-21-19(22-12-16)23-14-18-4-2-10-26-18/h1,3,5,11-13,18H,2,4,6-10,14-15H2,(H,21,22,23)/t18-/m1/s1. The topological polar surface area (TPSA) is 66.4 Å². The molecule has 0 bridgehead atoms. The fraction of sp³-hybridized carbons (Fsp3) is 0.526. The van der Waals surface area contributed by atoms with Crippen LogP contribution in [-0.4, -0.2) is 65.3 Å². The number of ether oxygens (including phenoxy) is 1. The minimum absolute atomic E-state index is 0.300. The van der Waals surface area contributed by atoms with Crippen molar-refractivity contribution in [3.63, 3.8) is 0 Å². The average Bonchev–Trinajstić information content (AvgIpc) is 3.22. The molecule has 0 amide bonds. The number of hydrogen-bond acceptors (Lipinski definition) is 7. The molecule has 138 valence electrons. The van der Waals surface area contributed by atoms with Gasteiger partial charge in [0.05, 0.1) is 18.0 Å². The SMILES string of the molecule is c1cncc(N2CCN(Cc3cnc(NC[C@H]4CCCO4)nc3)CC2)c1. The third-order valence-corrected chi connectivity index (χ3v) is 5.01. The van der Waals surface area contributed by atoms with E-state index in [1.165, 1.54) is 5.69 Å². The number of anilines is 2. The Morgan fingerprint density at radius 1 is 1.12 bits per heavy atom. The summed E-state index contributed by atoms with van der Waals surface area (Å²) in [5, 5.41) is 3.27. The van der Waals surface area contributed by atoms with Gasteiger partial charge in [0.25, 0.3) is 0 Å². The van der Waals surface area contributed by atoms with Crippen molar-refractivity contribution in [2.75, 3.05) is 49.5 Å². The molecule has 7 nitrogen and oxygen atoms in total. The summed E-state index contributed by atoms with van der Waals surface area (Å²) in [6.45, 7) is 6.67. The van der Waals surface area contributed by atoms with E-state index in [-0.39, 0.29) is 0 Å². The highest BCUT2D eigenvalue weighted by Crippen LogP contribution is 2.16. The summed E-state index contributed by atoms with van der Waals surface area (Å²) >= 11 is 0. The van der Waals surface area contributed by atoms with Crippen molar-refractivity contribution in [1.29, 1.82) is 0 Å². The van der Waals surface area contributed by atoms with Crippen LogP contribution in [0.5, 0.6) is 0 Å². The van der Waals surface area contributed by atoms with Crippen LogP contribution >= 0.6 is 0 Å². The number of pyridine rings is 1. The Bertz CT molecular complexity index is 666. The first-order chi connectivity index (χ1) is 12.9. The molecule has 0 radical (unpaired) electrons. The molecule has 7 heteroatoms. The van der Waals surface area contributed by atoms with Gasteiger partial charge in [0.2, 0.25) is 5.95 Å². The third-order valence-electron chi connectivity index (χ3n) is 5.01. The van der Waals surface area contributed by atoms with E-state index in [2.05, 4.69) is 36.1 Å². The maximum atomic E-state index is 5.61. The summed E-state index contributed by atoms with van der Waals surface area (Å²) in [6.07, 6.45) is 10.2. The fourth-order valence-electron chi connectivity index (χ4n) is 3.50. The average molecular weight is 354 g/mol. The van der Waals surface area contributed by atoms with Crippen LogP contribution in [-0.2, 0) is 11.3 Å². The quantitative estimate of drug-likeness (QED) is 0.848. The van der Waals surface area contributed by atoms with Gasteiger partial charge in [0, 0.05) is 70.0 Å². The van der Waals surface area contributed by atoms with Gasteiger partial charge in [-0.25, -0.2) is 9.97 Å². The summed E-state index contributed by atoms with van der Waals surface area (Å²) in [4.78, 5) is 17.9. The third kappa shape index (κ3) is 4.47. The molecule has 2 saturated heterocycles. The van der Waals surface area contributed by atoms with E-state index < -0.39 is 0 Å². The molecule has 4 heterocycles. The molecule has 4 rings (SSSR count). The summed E-state index contributed by atoms with van der Waals surface area (Å²) in [5.74, 6) is 0.686. The molecule has 2 aromatic rings. The summed E-state index contributed by atoms with van der Waals surface area (Å²) in [5.41, 5.74) is 2.36. The van der Waals surface area contributed by atoms with Crippen LogP contribution in [0, 0.1) is 0 Å². The lowest BCUT2D eigenvalue weighted by Gasteiger charge is -2.35. The van der Waals surface area contributed by atoms with Crippen molar-refractivity contribution in [3.05, 3.63) is 42.5 Å². The highest BCUT2D eigenvalue weighted by atomic mass is 16.5. The predicted octanol–water partition coefficient (Wildman–Crippen LogP) is 1.78. The Kier molecular flexibility index (Phi) is 5.56. The summed E-state index contributed by atoms with van der Waals surface area (Å²) < 4.78 is 5.61. The molecule has 1 N–H and O–H groups in total. The van der Waals surface area contributed by atoms with Crippen LogP contribution in [0.1, 0.15) is 18.4 Å². The minimum atomic E-state index is 0.300. The van der Waals surface area contributed by atoms with Gasteiger partial charge >= 0.3 is 0 Å². The van der Waals surface area contributed by atoms with E-state index in [4.69, 9.17) is 4.74 Å². The lowest BCUT2D eigenvalue weighted by Crippen LogP contribution is -2.46. The van der Waals surface area contributed by atoms with E-state index in [9.17, 15) is 0 Å². The predicted molar refractivity (Wildman–Crippen MR) is 101 cm³/mol. The second-order valence-electron chi connectivity index (χ2n) is 6.91. The van der Waals surface area contributed by atoms with Crippen molar-refractivity contribution < 1.29 is 4.74 Å². The Balaban J connectivity index is 1.23. The molecule has 0 saturated carbocycles. The van der Waals surface area contributed by atoms with Crippen LogP contribution in [0.15, 0.2) is 36.9 Å². The van der Waals surface area contributed by atoms with E-state index in [0.29, 0.717) is 12.1 Å². The molecule has 0 aromatic carbocycles. The molecule has 1 atom stereocenters. The Morgan fingerprint density at radius 2 is 1.96 bits per heavy atom. The van der Waals surface area contributed by atoms with Crippen molar-refractivity contribution in [2.45, 2.75) is 25.5 Å². The number of rotatable bonds is 6. The molecule has 2 aliphatic heterocycles. The first kappa shape index (κ1) is 17.2. The molecule has 2 aliphatic rings. The largest absolute Gasteiger partial charge is 0.376 e. The van der Waals surface area contributed by atoms with E-state index in [1.54, 1.807) is 0 Å². The Morgan fingerprint density at radius 3 is 2.65 bits per heavy atom. The number of nitrogens with zero attached hydrogens (tertiary/aromatic N) is 5. The van der Waals surface area contributed by atoms with Gasteiger partial charge in [-0.2, -0.15) is 0 Å². The summed E-state index contributed by atoms with van der Waals surface area (Å²) in [6, 6.07) is 4.12. The highest BCUT2D eigenvalue weighted by molar-refractivity contribution is 5.44. The van der Waals surface area contributed by atoms with Crippen LogP contribution in [0.4, 0.5) is 11.6 Å². The van der Waals surface area contributed by atoms with Crippen molar-refractivity contribution in [2.24, 2.45) is 0 Å². The van der Waals surface area contributed by atoms with E-state index in [1.807, 2.05) is 30.9 Å². The minimum Gasteiger partial charge on any atom is -0.376 e. The Hall–Kier alpha value is -2.25. The normalized spacial score (nSPS) is 21.1. The van der Waals surface area contributed by atoms with Crippen molar-refractivity contribution >= 4 is 11.6 Å². The number of nitrogens with one attached hydrogen (secondary N) is 1. The smallest absolute Gasteiger partial charge is 0.222 e. The zero-order valence-corrected chi connectivity index (χ0v) is 15.0.